The van der Waals surface area contributed by atoms with Gasteiger partial charge in [0.1, 0.15) is 0 Å². The summed E-state index contributed by atoms with van der Waals surface area (Å²) < 4.78 is 1.18. The van der Waals surface area contributed by atoms with Gasteiger partial charge in [-0.1, -0.05) is 18.2 Å². The van der Waals surface area contributed by atoms with E-state index in [2.05, 4.69) is 25.2 Å². The summed E-state index contributed by atoms with van der Waals surface area (Å²) in [4.78, 5) is 14.7. The van der Waals surface area contributed by atoms with Crippen LogP contribution in [0.5, 0.6) is 0 Å². The van der Waals surface area contributed by atoms with Crippen LogP contribution in [0.1, 0.15) is 24.2 Å². The fraction of sp³-hybridized carbons (Fsp3) is 0.400. The van der Waals surface area contributed by atoms with E-state index in [0.717, 1.165) is 24.0 Å². The van der Waals surface area contributed by atoms with Gasteiger partial charge in [-0.15, -0.1) is 23.7 Å². The van der Waals surface area contributed by atoms with Crippen molar-refractivity contribution in [1.82, 2.24) is 10.2 Å². The maximum atomic E-state index is 12.7. The number of carbonyl (C=O) groups excluding carboxylic acids is 1. The Balaban J connectivity index is 0.00000147. The number of rotatable bonds is 1. The second kappa shape index (κ2) is 6.12. The maximum absolute atomic E-state index is 12.7. The minimum atomic E-state index is 0. The first-order chi connectivity index (χ1) is 9.16. The van der Waals surface area contributed by atoms with Crippen molar-refractivity contribution in [3.05, 3.63) is 35.2 Å². The average molecular weight is 311 g/mol. The van der Waals surface area contributed by atoms with Crippen molar-refractivity contribution in [2.45, 2.75) is 25.9 Å². The van der Waals surface area contributed by atoms with Gasteiger partial charge in [0.25, 0.3) is 5.91 Å². The molecule has 3 nitrogen and oxygen atoms in total. The Hall–Kier alpha value is -1.10. The lowest BCUT2D eigenvalue weighted by atomic mass is 10.1. The zero-order chi connectivity index (χ0) is 13.4. The van der Waals surface area contributed by atoms with E-state index >= 15 is 0 Å². The molecule has 1 aliphatic heterocycles. The molecule has 1 aromatic carbocycles. The van der Waals surface area contributed by atoms with Crippen LogP contribution in [-0.2, 0) is 0 Å². The highest BCUT2D eigenvalue weighted by molar-refractivity contribution is 7.17. The summed E-state index contributed by atoms with van der Waals surface area (Å²) in [6, 6.07) is 8.74. The number of nitrogens with zero attached hydrogens (tertiary/aromatic N) is 1. The SMILES string of the molecule is CC1CN(C(=O)c2csc3ccccc23)C(C)CN1.Cl. The van der Waals surface area contributed by atoms with E-state index in [1.54, 1.807) is 11.3 Å². The van der Waals surface area contributed by atoms with Crippen LogP contribution in [0.4, 0.5) is 0 Å². The van der Waals surface area contributed by atoms with Gasteiger partial charge in [-0.3, -0.25) is 4.79 Å². The van der Waals surface area contributed by atoms with Gasteiger partial charge >= 0.3 is 0 Å². The summed E-state index contributed by atoms with van der Waals surface area (Å²) in [5.41, 5.74) is 0.849. The molecule has 1 aromatic heterocycles. The molecule has 0 spiro atoms. The van der Waals surface area contributed by atoms with E-state index < -0.39 is 0 Å². The van der Waals surface area contributed by atoms with E-state index in [0.29, 0.717) is 6.04 Å². The highest BCUT2D eigenvalue weighted by Gasteiger charge is 2.28. The molecule has 2 aromatic rings. The molecule has 2 heterocycles. The first kappa shape index (κ1) is 15.3. The summed E-state index contributed by atoms with van der Waals surface area (Å²) in [5, 5.41) is 6.48. The maximum Gasteiger partial charge on any atom is 0.255 e. The van der Waals surface area contributed by atoms with Crippen molar-refractivity contribution in [3.63, 3.8) is 0 Å². The Kier molecular flexibility index (Phi) is 4.68. The number of amides is 1. The van der Waals surface area contributed by atoms with Gasteiger partial charge in [0.05, 0.1) is 5.56 Å². The Morgan fingerprint density at radius 1 is 1.35 bits per heavy atom. The molecule has 1 amide bonds. The fourth-order valence-corrected chi connectivity index (χ4v) is 3.54. The smallest absolute Gasteiger partial charge is 0.255 e. The monoisotopic (exact) mass is 310 g/mol. The van der Waals surface area contributed by atoms with Gasteiger partial charge in [-0.25, -0.2) is 0 Å². The Morgan fingerprint density at radius 3 is 2.90 bits per heavy atom. The first-order valence-electron chi connectivity index (χ1n) is 6.67. The third kappa shape index (κ3) is 2.68. The van der Waals surface area contributed by atoms with Gasteiger partial charge in [0, 0.05) is 40.6 Å². The molecule has 1 saturated heterocycles. The normalized spacial score (nSPS) is 22.6. The van der Waals surface area contributed by atoms with Gasteiger partial charge < -0.3 is 10.2 Å². The van der Waals surface area contributed by atoms with E-state index in [9.17, 15) is 4.79 Å². The van der Waals surface area contributed by atoms with E-state index in [-0.39, 0.29) is 24.4 Å². The Labute approximate surface area is 129 Å². The molecule has 0 radical (unpaired) electrons. The Morgan fingerprint density at radius 2 is 2.10 bits per heavy atom. The van der Waals surface area contributed by atoms with Crippen LogP contribution in [-0.4, -0.2) is 36.0 Å². The lowest BCUT2D eigenvalue weighted by Crippen LogP contribution is -2.56. The number of halogens is 1. The quantitative estimate of drug-likeness (QED) is 0.877. The fourth-order valence-electron chi connectivity index (χ4n) is 2.60. The number of thiophene rings is 1. The average Bonchev–Trinajstić information content (AvgIpc) is 2.84. The molecule has 5 heteroatoms. The minimum absolute atomic E-state index is 0. The summed E-state index contributed by atoms with van der Waals surface area (Å²) in [6.07, 6.45) is 0. The summed E-state index contributed by atoms with van der Waals surface area (Å²) >= 11 is 1.65. The van der Waals surface area contributed by atoms with E-state index in [4.69, 9.17) is 0 Å². The third-order valence-electron chi connectivity index (χ3n) is 3.74. The van der Waals surface area contributed by atoms with Crippen molar-refractivity contribution >= 4 is 39.7 Å². The van der Waals surface area contributed by atoms with Gasteiger partial charge in [-0.2, -0.15) is 0 Å². The summed E-state index contributed by atoms with van der Waals surface area (Å²) in [5.74, 6) is 0.165. The molecule has 3 rings (SSSR count). The van der Waals surface area contributed by atoms with Gasteiger partial charge in [0.2, 0.25) is 0 Å². The number of hydrogen-bond donors (Lipinski definition) is 1. The minimum Gasteiger partial charge on any atom is -0.333 e. The van der Waals surface area contributed by atoms with Crippen molar-refractivity contribution in [3.8, 4) is 0 Å². The standard InChI is InChI=1S/C15H18N2OS.ClH/c1-10-8-17(11(2)7-16-10)15(18)13-9-19-14-6-4-3-5-12(13)14;/h3-6,9-11,16H,7-8H2,1-2H3;1H. The molecular formula is C15H19ClN2OS. The van der Waals surface area contributed by atoms with Gasteiger partial charge in [-0.05, 0) is 19.9 Å². The van der Waals surface area contributed by atoms with Crippen LogP contribution in [0.25, 0.3) is 10.1 Å². The van der Waals surface area contributed by atoms with Crippen LogP contribution in [0.15, 0.2) is 29.6 Å². The predicted octanol–water partition coefficient (Wildman–Crippen LogP) is 3.15. The molecule has 1 aliphatic rings. The van der Waals surface area contributed by atoms with Crippen molar-refractivity contribution in [2.75, 3.05) is 13.1 Å². The number of benzene rings is 1. The van der Waals surface area contributed by atoms with Crippen molar-refractivity contribution in [2.24, 2.45) is 0 Å². The van der Waals surface area contributed by atoms with Crippen LogP contribution >= 0.6 is 23.7 Å². The van der Waals surface area contributed by atoms with Crippen LogP contribution in [0, 0.1) is 0 Å². The second-order valence-corrected chi connectivity index (χ2v) is 6.17. The Bertz CT molecular complexity index is 613. The largest absolute Gasteiger partial charge is 0.333 e. The van der Waals surface area contributed by atoms with Gasteiger partial charge in [0.15, 0.2) is 0 Å². The van der Waals surface area contributed by atoms with Crippen molar-refractivity contribution in [1.29, 1.82) is 0 Å². The van der Waals surface area contributed by atoms with E-state index in [1.165, 1.54) is 4.70 Å². The molecular weight excluding hydrogens is 292 g/mol. The van der Waals surface area contributed by atoms with Crippen LogP contribution in [0.2, 0.25) is 0 Å². The van der Waals surface area contributed by atoms with E-state index in [1.807, 2.05) is 28.5 Å². The first-order valence-corrected chi connectivity index (χ1v) is 7.55. The topological polar surface area (TPSA) is 32.3 Å². The number of piperazine rings is 1. The van der Waals surface area contributed by atoms with Crippen molar-refractivity contribution < 1.29 is 4.79 Å². The second-order valence-electron chi connectivity index (χ2n) is 5.26. The summed E-state index contributed by atoms with van der Waals surface area (Å²) in [7, 11) is 0. The highest BCUT2D eigenvalue weighted by Crippen LogP contribution is 2.27. The zero-order valence-corrected chi connectivity index (χ0v) is 13.3. The molecule has 1 fully saturated rings. The molecule has 0 saturated carbocycles. The lowest BCUT2D eigenvalue weighted by molar-refractivity contribution is 0.0619. The number of carbonyl (C=O) groups is 1. The number of nitrogens with one attached hydrogen (secondary N) is 1. The van der Waals surface area contributed by atoms with Crippen LogP contribution < -0.4 is 5.32 Å². The highest BCUT2D eigenvalue weighted by atomic mass is 35.5. The van der Waals surface area contributed by atoms with Crippen LogP contribution in [0.3, 0.4) is 0 Å². The number of hydrogen-bond acceptors (Lipinski definition) is 3. The molecule has 2 unspecified atom stereocenters. The molecule has 1 N–H and O–H groups in total. The molecule has 108 valence electrons. The zero-order valence-electron chi connectivity index (χ0n) is 11.6. The molecule has 2 atom stereocenters. The third-order valence-corrected chi connectivity index (χ3v) is 4.70. The molecule has 0 aliphatic carbocycles. The molecule has 0 bridgehead atoms. The summed E-state index contributed by atoms with van der Waals surface area (Å²) in [6.45, 7) is 5.88. The molecule has 20 heavy (non-hydrogen) atoms. The number of fused-ring (bicyclic) bond motifs is 1. The lowest BCUT2D eigenvalue weighted by Gasteiger charge is -2.37. The predicted molar refractivity (Wildman–Crippen MR) is 87.0 cm³/mol.